The summed E-state index contributed by atoms with van der Waals surface area (Å²) < 4.78 is 12.8. The predicted octanol–water partition coefficient (Wildman–Crippen LogP) is 1.98. The first-order valence-electron chi connectivity index (χ1n) is 7.57. The quantitative estimate of drug-likeness (QED) is 0.904. The van der Waals surface area contributed by atoms with Crippen LogP contribution >= 0.6 is 0 Å². The average Bonchev–Trinajstić information content (AvgIpc) is 3.03. The third kappa shape index (κ3) is 4.72. The standard InChI is InChI=1S/C16H22FN3O2/c1-19(12-13-4-6-14(17)7-5-13)16(22)18-9-8-15(21)20-10-2-3-11-20/h4-7H,2-3,8-12H2,1H3,(H,18,22). The lowest BCUT2D eigenvalue weighted by molar-refractivity contribution is -0.129. The lowest BCUT2D eigenvalue weighted by Gasteiger charge is -2.19. The van der Waals surface area contributed by atoms with Crippen molar-refractivity contribution in [2.75, 3.05) is 26.7 Å². The summed E-state index contributed by atoms with van der Waals surface area (Å²) in [6.07, 6.45) is 2.47. The van der Waals surface area contributed by atoms with Gasteiger partial charge in [-0.3, -0.25) is 4.79 Å². The summed E-state index contributed by atoms with van der Waals surface area (Å²) in [4.78, 5) is 27.1. The number of carbonyl (C=O) groups is 2. The van der Waals surface area contributed by atoms with Crippen molar-refractivity contribution in [1.82, 2.24) is 15.1 Å². The van der Waals surface area contributed by atoms with E-state index in [1.165, 1.54) is 17.0 Å². The average molecular weight is 307 g/mol. The van der Waals surface area contributed by atoms with E-state index < -0.39 is 0 Å². The normalized spacial score (nSPS) is 14.0. The highest BCUT2D eigenvalue weighted by Gasteiger charge is 2.17. The molecule has 5 nitrogen and oxygen atoms in total. The molecule has 1 heterocycles. The van der Waals surface area contributed by atoms with E-state index in [-0.39, 0.29) is 17.8 Å². The molecular weight excluding hydrogens is 285 g/mol. The summed E-state index contributed by atoms with van der Waals surface area (Å²) in [5.41, 5.74) is 0.854. The van der Waals surface area contributed by atoms with Gasteiger partial charge in [0.15, 0.2) is 0 Å². The molecule has 0 spiro atoms. The molecule has 1 saturated heterocycles. The Morgan fingerprint density at radius 3 is 2.50 bits per heavy atom. The number of halogens is 1. The first-order chi connectivity index (χ1) is 10.6. The highest BCUT2D eigenvalue weighted by molar-refractivity contribution is 5.78. The molecule has 0 radical (unpaired) electrons. The van der Waals surface area contributed by atoms with E-state index in [2.05, 4.69) is 5.32 Å². The van der Waals surface area contributed by atoms with E-state index in [4.69, 9.17) is 0 Å². The van der Waals surface area contributed by atoms with Crippen LogP contribution in [0.3, 0.4) is 0 Å². The molecule has 1 aliphatic rings. The first-order valence-corrected chi connectivity index (χ1v) is 7.57. The van der Waals surface area contributed by atoms with Gasteiger partial charge in [-0.2, -0.15) is 0 Å². The number of likely N-dealkylation sites (tertiary alicyclic amines) is 1. The molecule has 6 heteroatoms. The van der Waals surface area contributed by atoms with Crippen LogP contribution in [-0.2, 0) is 11.3 Å². The number of benzene rings is 1. The van der Waals surface area contributed by atoms with Gasteiger partial charge in [0, 0.05) is 39.6 Å². The minimum absolute atomic E-state index is 0.0963. The van der Waals surface area contributed by atoms with Crippen molar-refractivity contribution < 1.29 is 14.0 Å². The second kappa shape index (κ2) is 7.77. The maximum atomic E-state index is 12.8. The number of nitrogens with zero attached hydrogens (tertiary/aromatic N) is 2. The molecule has 0 unspecified atom stereocenters. The fraction of sp³-hybridized carbons (Fsp3) is 0.500. The number of hydrogen-bond acceptors (Lipinski definition) is 2. The molecular formula is C16H22FN3O2. The molecule has 1 aromatic carbocycles. The molecule has 0 saturated carbocycles. The molecule has 2 rings (SSSR count). The molecule has 3 amide bonds. The zero-order valence-electron chi connectivity index (χ0n) is 12.8. The van der Waals surface area contributed by atoms with E-state index in [9.17, 15) is 14.0 Å². The van der Waals surface area contributed by atoms with Crippen LogP contribution in [0.4, 0.5) is 9.18 Å². The van der Waals surface area contributed by atoms with Crippen molar-refractivity contribution in [3.63, 3.8) is 0 Å². The molecule has 0 bridgehead atoms. The maximum absolute atomic E-state index is 12.8. The topological polar surface area (TPSA) is 52.7 Å². The lowest BCUT2D eigenvalue weighted by atomic mass is 10.2. The van der Waals surface area contributed by atoms with Crippen molar-refractivity contribution in [3.05, 3.63) is 35.6 Å². The van der Waals surface area contributed by atoms with Gasteiger partial charge in [0.25, 0.3) is 0 Å². The second-order valence-corrected chi connectivity index (χ2v) is 5.55. The molecule has 120 valence electrons. The number of urea groups is 1. The third-order valence-electron chi connectivity index (χ3n) is 3.75. The number of carbonyl (C=O) groups excluding carboxylic acids is 2. The second-order valence-electron chi connectivity index (χ2n) is 5.55. The van der Waals surface area contributed by atoms with Crippen LogP contribution in [0, 0.1) is 5.82 Å². The highest BCUT2D eigenvalue weighted by atomic mass is 19.1. The van der Waals surface area contributed by atoms with E-state index in [1.807, 2.05) is 4.90 Å². The first kappa shape index (κ1) is 16.3. The van der Waals surface area contributed by atoms with Crippen LogP contribution in [0.15, 0.2) is 24.3 Å². The molecule has 0 aromatic heterocycles. The van der Waals surface area contributed by atoms with Gasteiger partial charge in [-0.05, 0) is 30.5 Å². The zero-order valence-corrected chi connectivity index (χ0v) is 12.8. The van der Waals surface area contributed by atoms with Crippen LogP contribution in [0.1, 0.15) is 24.8 Å². The number of hydrogen-bond donors (Lipinski definition) is 1. The highest BCUT2D eigenvalue weighted by Crippen LogP contribution is 2.08. The molecule has 1 fully saturated rings. The van der Waals surface area contributed by atoms with E-state index in [0.29, 0.717) is 19.5 Å². The van der Waals surface area contributed by atoms with Crippen LogP contribution in [-0.4, -0.2) is 48.4 Å². The van der Waals surface area contributed by atoms with Crippen LogP contribution in [0.5, 0.6) is 0 Å². The third-order valence-corrected chi connectivity index (χ3v) is 3.75. The smallest absolute Gasteiger partial charge is 0.317 e. The van der Waals surface area contributed by atoms with E-state index in [1.54, 1.807) is 19.2 Å². The van der Waals surface area contributed by atoms with Crippen molar-refractivity contribution in [2.24, 2.45) is 0 Å². The number of rotatable bonds is 5. The molecule has 1 aliphatic heterocycles. The Balaban J connectivity index is 1.69. The molecule has 22 heavy (non-hydrogen) atoms. The molecule has 0 atom stereocenters. The number of nitrogens with one attached hydrogen (secondary N) is 1. The van der Waals surface area contributed by atoms with Gasteiger partial charge in [0.1, 0.15) is 5.82 Å². The van der Waals surface area contributed by atoms with Gasteiger partial charge in [-0.25, -0.2) is 9.18 Å². The van der Waals surface area contributed by atoms with Crippen molar-refractivity contribution in [3.8, 4) is 0 Å². The predicted molar refractivity (Wildman–Crippen MR) is 81.7 cm³/mol. The van der Waals surface area contributed by atoms with Crippen molar-refractivity contribution >= 4 is 11.9 Å². The van der Waals surface area contributed by atoms with Crippen LogP contribution in [0.25, 0.3) is 0 Å². The zero-order chi connectivity index (χ0) is 15.9. The monoisotopic (exact) mass is 307 g/mol. The SMILES string of the molecule is CN(Cc1ccc(F)cc1)C(=O)NCCC(=O)N1CCCC1. The van der Waals surface area contributed by atoms with Gasteiger partial charge < -0.3 is 15.1 Å². The van der Waals surface area contributed by atoms with E-state index >= 15 is 0 Å². The summed E-state index contributed by atoms with van der Waals surface area (Å²) in [6.45, 7) is 2.39. The van der Waals surface area contributed by atoms with Gasteiger partial charge in [0.05, 0.1) is 0 Å². The summed E-state index contributed by atoms with van der Waals surface area (Å²) in [5, 5.41) is 2.73. The van der Waals surface area contributed by atoms with Crippen molar-refractivity contribution in [2.45, 2.75) is 25.8 Å². The summed E-state index contributed by atoms with van der Waals surface area (Å²) >= 11 is 0. The Labute approximate surface area is 130 Å². The van der Waals surface area contributed by atoms with Gasteiger partial charge in [-0.1, -0.05) is 12.1 Å². The Hall–Kier alpha value is -2.11. The minimum atomic E-state index is -0.295. The van der Waals surface area contributed by atoms with Gasteiger partial charge in [-0.15, -0.1) is 0 Å². The van der Waals surface area contributed by atoms with E-state index in [0.717, 1.165) is 31.5 Å². The lowest BCUT2D eigenvalue weighted by Crippen LogP contribution is -2.39. The minimum Gasteiger partial charge on any atom is -0.343 e. The molecule has 1 N–H and O–H groups in total. The van der Waals surface area contributed by atoms with Gasteiger partial charge >= 0.3 is 6.03 Å². The Morgan fingerprint density at radius 2 is 1.86 bits per heavy atom. The Kier molecular flexibility index (Phi) is 5.75. The summed E-state index contributed by atoms with van der Waals surface area (Å²) in [7, 11) is 1.67. The Morgan fingerprint density at radius 1 is 1.23 bits per heavy atom. The summed E-state index contributed by atoms with van der Waals surface area (Å²) in [6, 6.07) is 5.80. The summed E-state index contributed by atoms with van der Waals surface area (Å²) in [5.74, 6) is -0.199. The van der Waals surface area contributed by atoms with Crippen molar-refractivity contribution in [1.29, 1.82) is 0 Å². The van der Waals surface area contributed by atoms with Crippen LogP contribution < -0.4 is 5.32 Å². The fourth-order valence-electron chi connectivity index (χ4n) is 2.47. The Bertz CT molecular complexity index is 513. The van der Waals surface area contributed by atoms with Gasteiger partial charge in [0.2, 0.25) is 5.91 Å². The fourth-order valence-corrected chi connectivity index (χ4v) is 2.47. The number of amides is 3. The molecule has 1 aromatic rings. The molecule has 0 aliphatic carbocycles. The van der Waals surface area contributed by atoms with Crippen LogP contribution in [0.2, 0.25) is 0 Å². The largest absolute Gasteiger partial charge is 0.343 e. The maximum Gasteiger partial charge on any atom is 0.317 e.